The van der Waals surface area contributed by atoms with Crippen molar-refractivity contribution in [3.8, 4) is 0 Å². The van der Waals surface area contributed by atoms with Gasteiger partial charge in [-0.1, -0.05) is 24.2 Å². The number of aromatic nitrogens is 2. The highest BCUT2D eigenvalue weighted by Gasteiger charge is 2.27. The van der Waals surface area contributed by atoms with Crippen molar-refractivity contribution >= 4 is 39.2 Å². The van der Waals surface area contributed by atoms with Crippen molar-refractivity contribution in [1.82, 2.24) is 23.9 Å². The number of carbonyl (C=O) groups is 1. The SMILES string of the molecule is C=C(C)Nc1ccn(C(=O)N2CCN(Cc3ccc(Cl)cc3N3CCN(S(C)(=O)=O)CC3)CC2)n1. The van der Waals surface area contributed by atoms with E-state index in [1.807, 2.05) is 25.1 Å². The van der Waals surface area contributed by atoms with Crippen LogP contribution in [0.25, 0.3) is 0 Å². The number of anilines is 2. The lowest BCUT2D eigenvalue weighted by Crippen LogP contribution is -2.50. The zero-order valence-electron chi connectivity index (χ0n) is 20.2. The van der Waals surface area contributed by atoms with Gasteiger partial charge >= 0.3 is 6.03 Å². The van der Waals surface area contributed by atoms with Crippen molar-refractivity contribution in [2.75, 3.05) is 68.8 Å². The molecule has 2 aliphatic rings. The molecule has 1 amide bonds. The minimum atomic E-state index is -3.18. The molecule has 1 aromatic heterocycles. The number of rotatable bonds is 6. The molecule has 4 rings (SSSR count). The van der Waals surface area contributed by atoms with E-state index < -0.39 is 10.0 Å². The summed E-state index contributed by atoms with van der Waals surface area (Å²) in [6.45, 7) is 11.2. The maximum absolute atomic E-state index is 12.8. The van der Waals surface area contributed by atoms with Crippen LogP contribution >= 0.6 is 11.6 Å². The van der Waals surface area contributed by atoms with E-state index in [1.54, 1.807) is 17.2 Å². The lowest BCUT2D eigenvalue weighted by molar-refractivity contribution is 0.134. The van der Waals surface area contributed by atoms with Gasteiger partial charge in [0.05, 0.1) is 6.26 Å². The quantitative estimate of drug-likeness (QED) is 0.623. The average Bonchev–Trinajstić information content (AvgIpc) is 3.27. The Kier molecular flexibility index (Phi) is 7.70. The fraction of sp³-hybridized carbons (Fsp3) is 0.478. The van der Waals surface area contributed by atoms with E-state index >= 15 is 0 Å². The van der Waals surface area contributed by atoms with Gasteiger partial charge in [-0.15, -0.1) is 5.10 Å². The molecule has 3 heterocycles. The van der Waals surface area contributed by atoms with Crippen LogP contribution in [-0.4, -0.2) is 96.9 Å². The predicted molar refractivity (Wildman–Crippen MR) is 138 cm³/mol. The van der Waals surface area contributed by atoms with Crippen molar-refractivity contribution in [3.63, 3.8) is 0 Å². The Morgan fingerprint density at radius 3 is 2.40 bits per heavy atom. The van der Waals surface area contributed by atoms with Crippen LogP contribution in [0.5, 0.6) is 0 Å². The van der Waals surface area contributed by atoms with Gasteiger partial charge in [0.25, 0.3) is 0 Å². The van der Waals surface area contributed by atoms with Gasteiger partial charge < -0.3 is 15.1 Å². The molecule has 2 aliphatic heterocycles. The fourth-order valence-corrected chi connectivity index (χ4v) is 5.42. The van der Waals surface area contributed by atoms with Gasteiger partial charge in [-0.25, -0.2) is 13.2 Å². The first-order valence-electron chi connectivity index (χ1n) is 11.6. The standard InChI is InChI=1S/C23H32ClN7O3S/c1-18(2)25-22-6-7-31(26-22)23(32)29-10-8-27(9-11-29)17-19-4-5-20(24)16-21(19)28-12-14-30(15-13-28)35(3,33)34/h4-7,16H,1,8-15,17H2,2-3H3,(H,25,26). The van der Waals surface area contributed by atoms with Gasteiger partial charge in [-0.3, -0.25) is 4.90 Å². The van der Waals surface area contributed by atoms with Gasteiger partial charge in [0.2, 0.25) is 10.0 Å². The number of sulfonamides is 1. The number of allylic oxidation sites excluding steroid dienone is 1. The second-order valence-corrected chi connectivity index (χ2v) is 11.4. The largest absolute Gasteiger partial charge is 0.369 e. The molecular formula is C23H32ClN7O3S. The molecule has 0 saturated carbocycles. The number of carbonyl (C=O) groups excluding carboxylic acids is 1. The molecule has 10 nitrogen and oxygen atoms in total. The van der Waals surface area contributed by atoms with E-state index in [0.29, 0.717) is 50.1 Å². The number of nitrogens with one attached hydrogen (secondary N) is 1. The van der Waals surface area contributed by atoms with Crippen LogP contribution in [0.15, 0.2) is 42.7 Å². The second-order valence-electron chi connectivity index (χ2n) is 9.02. The third kappa shape index (κ3) is 6.35. The van der Waals surface area contributed by atoms with Crippen LogP contribution < -0.4 is 10.2 Å². The molecule has 1 N–H and O–H groups in total. The minimum Gasteiger partial charge on any atom is -0.369 e. The Labute approximate surface area is 211 Å². The molecule has 0 atom stereocenters. The Balaban J connectivity index is 1.36. The minimum absolute atomic E-state index is 0.143. The summed E-state index contributed by atoms with van der Waals surface area (Å²) >= 11 is 6.31. The second kappa shape index (κ2) is 10.6. The van der Waals surface area contributed by atoms with Crippen LogP contribution in [0.2, 0.25) is 5.02 Å². The third-order valence-corrected chi connectivity index (χ3v) is 7.80. The number of benzene rings is 1. The Hall–Kier alpha value is -2.60. The smallest absolute Gasteiger partial charge is 0.344 e. The highest BCUT2D eigenvalue weighted by molar-refractivity contribution is 7.88. The molecule has 2 fully saturated rings. The van der Waals surface area contributed by atoms with Crippen molar-refractivity contribution < 1.29 is 13.2 Å². The van der Waals surface area contributed by atoms with Gasteiger partial charge in [0.1, 0.15) is 0 Å². The lowest BCUT2D eigenvalue weighted by Gasteiger charge is -2.38. The number of halogens is 1. The van der Waals surface area contributed by atoms with E-state index in [4.69, 9.17) is 11.6 Å². The maximum Gasteiger partial charge on any atom is 0.344 e. The van der Waals surface area contributed by atoms with Crippen molar-refractivity contribution in [2.24, 2.45) is 0 Å². The first-order valence-corrected chi connectivity index (χ1v) is 13.8. The molecule has 2 aromatic rings. The number of amides is 1. The molecule has 0 aliphatic carbocycles. The van der Waals surface area contributed by atoms with E-state index in [0.717, 1.165) is 36.6 Å². The van der Waals surface area contributed by atoms with Crippen LogP contribution in [0.1, 0.15) is 12.5 Å². The summed E-state index contributed by atoms with van der Waals surface area (Å²) in [5.74, 6) is 0.595. The number of hydrogen-bond donors (Lipinski definition) is 1. The van der Waals surface area contributed by atoms with Crippen LogP contribution in [0.3, 0.4) is 0 Å². The topological polar surface area (TPSA) is 94.0 Å². The van der Waals surface area contributed by atoms with Crippen LogP contribution in [0, 0.1) is 0 Å². The monoisotopic (exact) mass is 521 g/mol. The van der Waals surface area contributed by atoms with Gasteiger partial charge in [0.15, 0.2) is 5.82 Å². The first kappa shape index (κ1) is 25.5. The van der Waals surface area contributed by atoms with E-state index in [2.05, 4.69) is 26.8 Å². The van der Waals surface area contributed by atoms with E-state index in [9.17, 15) is 13.2 Å². The van der Waals surface area contributed by atoms with E-state index in [-0.39, 0.29) is 6.03 Å². The highest BCUT2D eigenvalue weighted by atomic mass is 35.5. The summed E-state index contributed by atoms with van der Waals surface area (Å²) in [7, 11) is -3.18. The van der Waals surface area contributed by atoms with Gasteiger partial charge in [-0.2, -0.15) is 8.99 Å². The Bertz CT molecular complexity index is 1180. The van der Waals surface area contributed by atoms with Crippen LogP contribution in [-0.2, 0) is 16.6 Å². The molecule has 0 spiro atoms. The average molecular weight is 522 g/mol. The molecule has 2 saturated heterocycles. The Morgan fingerprint density at radius 1 is 1.09 bits per heavy atom. The zero-order valence-corrected chi connectivity index (χ0v) is 21.7. The van der Waals surface area contributed by atoms with Gasteiger partial charge in [0, 0.05) is 87.6 Å². The molecule has 0 radical (unpaired) electrons. The number of hydrogen-bond acceptors (Lipinski definition) is 7. The van der Waals surface area contributed by atoms with Crippen molar-refractivity contribution in [2.45, 2.75) is 13.5 Å². The van der Waals surface area contributed by atoms with Crippen molar-refractivity contribution in [3.05, 3.63) is 53.3 Å². The third-order valence-electron chi connectivity index (χ3n) is 6.26. The molecule has 12 heteroatoms. The van der Waals surface area contributed by atoms with Crippen molar-refractivity contribution in [1.29, 1.82) is 0 Å². The molecule has 35 heavy (non-hydrogen) atoms. The maximum atomic E-state index is 12.8. The Morgan fingerprint density at radius 2 is 1.77 bits per heavy atom. The normalized spacial score (nSPS) is 18.0. The molecule has 190 valence electrons. The summed E-state index contributed by atoms with van der Waals surface area (Å²) in [6.07, 6.45) is 2.91. The summed E-state index contributed by atoms with van der Waals surface area (Å²) < 4.78 is 26.6. The fourth-order valence-electron chi connectivity index (χ4n) is 4.42. The van der Waals surface area contributed by atoms with Crippen LogP contribution in [0.4, 0.5) is 16.3 Å². The summed E-state index contributed by atoms with van der Waals surface area (Å²) in [4.78, 5) is 19.2. The zero-order chi connectivity index (χ0) is 25.2. The predicted octanol–water partition coefficient (Wildman–Crippen LogP) is 2.35. The molecule has 0 unspecified atom stereocenters. The summed E-state index contributed by atoms with van der Waals surface area (Å²) in [5, 5.41) is 7.95. The lowest BCUT2D eigenvalue weighted by atomic mass is 10.1. The highest BCUT2D eigenvalue weighted by Crippen LogP contribution is 2.28. The molecule has 1 aromatic carbocycles. The molecular weight excluding hydrogens is 490 g/mol. The number of piperazine rings is 2. The summed E-state index contributed by atoms with van der Waals surface area (Å²) in [6, 6.07) is 7.50. The number of nitrogens with zero attached hydrogens (tertiary/aromatic N) is 6. The van der Waals surface area contributed by atoms with Gasteiger partial charge in [-0.05, 0) is 24.6 Å². The summed E-state index contributed by atoms with van der Waals surface area (Å²) in [5.41, 5.74) is 2.94. The van der Waals surface area contributed by atoms with E-state index in [1.165, 1.54) is 15.2 Å². The first-order chi connectivity index (χ1) is 16.6. The molecule has 0 bridgehead atoms.